The third-order valence-corrected chi connectivity index (χ3v) is 2.37. The van der Waals surface area contributed by atoms with E-state index < -0.39 is 0 Å². The molecule has 0 aliphatic carbocycles. The average Bonchev–Trinajstić information content (AvgIpc) is 2.02. The zero-order chi connectivity index (χ0) is 11.2. The van der Waals surface area contributed by atoms with Gasteiger partial charge in [-0.05, 0) is 46.1 Å². The first kappa shape index (κ1) is 13.4. The number of nitrogens with zero attached hydrogens (tertiary/aromatic N) is 1. The van der Waals surface area contributed by atoms with Gasteiger partial charge in [-0.15, -0.1) is 0 Å². The van der Waals surface area contributed by atoms with Crippen molar-refractivity contribution in [1.29, 1.82) is 5.26 Å². The van der Waals surface area contributed by atoms with Gasteiger partial charge in [0.05, 0.1) is 11.5 Å². The average molecular weight is 196 g/mol. The fourth-order valence-electron chi connectivity index (χ4n) is 1.48. The summed E-state index contributed by atoms with van der Waals surface area (Å²) >= 11 is 0. The molecule has 0 radical (unpaired) electrons. The van der Waals surface area contributed by atoms with Gasteiger partial charge in [0.15, 0.2) is 0 Å². The van der Waals surface area contributed by atoms with Gasteiger partial charge in [0, 0.05) is 6.04 Å². The van der Waals surface area contributed by atoms with Crippen LogP contribution < -0.4 is 5.32 Å². The molecule has 14 heavy (non-hydrogen) atoms. The molecule has 0 fully saturated rings. The standard InChI is InChI=1S/C12H24N2/c1-10(2)8-11(3)14-7-6-12(4,5)9-13/h10-11,14H,6-8H2,1-5H3. The number of nitrogens with one attached hydrogen (secondary N) is 1. The molecule has 0 aromatic heterocycles. The Morgan fingerprint density at radius 2 is 1.86 bits per heavy atom. The molecule has 0 aliphatic heterocycles. The molecular formula is C12H24N2. The first-order valence-corrected chi connectivity index (χ1v) is 5.52. The van der Waals surface area contributed by atoms with Crippen molar-refractivity contribution in [1.82, 2.24) is 5.32 Å². The zero-order valence-corrected chi connectivity index (χ0v) is 10.2. The molecule has 0 saturated carbocycles. The summed E-state index contributed by atoms with van der Waals surface area (Å²) in [6.45, 7) is 11.6. The van der Waals surface area contributed by atoms with Gasteiger partial charge >= 0.3 is 0 Å². The summed E-state index contributed by atoms with van der Waals surface area (Å²) in [6, 6.07) is 2.88. The Labute approximate surface area is 88.7 Å². The molecule has 0 rings (SSSR count). The summed E-state index contributed by atoms with van der Waals surface area (Å²) in [5.41, 5.74) is -0.190. The van der Waals surface area contributed by atoms with Gasteiger partial charge in [0.25, 0.3) is 0 Å². The van der Waals surface area contributed by atoms with E-state index in [2.05, 4.69) is 32.2 Å². The minimum Gasteiger partial charge on any atom is -0.314 e. The van der Waals surface area contributed by atoms with Gasteiger partial charge in [-0.2, -0.15) is 5.26 Å². The highest BCUT2D eigenvalue weighted by Crippen LogP contribution is 2.17. The van der Waals surface area contributed by atoms with Crippen molar-refractivity contribution in [2.45, 2.75) is 53.5 Å². The van der Waals surface area contributed by atoms with Crippen molar-refractivity contribution in [3.63, 3.8) is 0 Å². The van der Waals surface area contributed by atoms with Gasteiger partial charge in [-0.25, -0.2) is 0 Å². The van der Waals surface area contributed by atoms with Crippen molar-refractivity contribution < 1.29 is 0 Å². The molecule has 0 bridgehead atoms. The molecule has 0 amide bonds. The van der Waals surface area contributed by atoms with Gasteiger partial charge in [0.2, 0.25) is 0 Å². The zero-order valence-electron chi connectivity index (χ0n) is 10.2. The lowest BCUT2D eigenvalue weighted by atomic mass is 9.91. The molecule has 0 aromatic carbocycles. The Balaban J connectivity index is 3.60. The second-order valence-electron chi connectivity index (χ2n) is 5.23. The molecule has 1 N–H and O–H groups in total. The van der Waals surface area contributed by atoms with Crippen LogP contribution in [0.1, 0.15) is 47.5 Å². The van der Waals surface area contributed by atoms with Crippen LogP contribution >= 0.6 is 0 Å². The van der Waals surface area contributed by atoms with Crippen molar-refractivity contribution in [2.75, 3.05) is 6.54 Å². The summed E-state index contributed by atoms with van der Waals surface area (Å²) in [6.07, 6.45) is 2.12. The van der Waals surface area contributed by atoms with E-state index in [1.54, 1.807) is 0 Å². The van der Waals surface area contributed by atoms with E-state index in [1.165, 1.54) is 6.42 Å². The van der Waals surface area contributed by atoms with Crippen LogP contribution in [0.3, 0.4) is 0 Å². The number of rotatable bonds is 6. The van der Waals surface area contributed by atoms with E-state index in [0.29, 0.717) is 6.04 Å². The minimum absolute atomic E-state index is 0.190. The lowest BCUT2D eigenvalue weighted by Crippen LogP contribution is -2.30. The first-order valence-electron chi connectivity index (χ1n) is 5.52. The maximum absolute atomic E-state index is 8.83. The first-order chi connectivity index (χ1) is 6.37. The maximum atomic E-state index is 8.83. The quantitative estimate of drug-likeness (QED) is 0.709. The van der Waals surface area contributed by atoms with Crippen LogP contribution in [0.5, 0.6) is 0 Å². The van der Waals surface area contributed by atoms with E-state index in [4.69, 9.17) is 5.26 Å². The molecule has 2 heteroatoms. The predicted molar refractivity (Wildman–Crippen MR) is 60.9 cm³/mol. The third kappa shape index (κ3) is 6.91. The van der Waals surface area contributed by atoms with E-state index in [9.17, 15) is 0 Å². The van der Waals surface area contributed by atoms with Gasteiger partial charge in [0.1, 0.15) is 0 Å². The smallest absolute Gasteiger partial charge is 0.0684 e. The Morgan fingerprint density at radius 3 is 2.29 bits per heavy atom. The van der Waals surface area contributed by atoms with Gasteiger partial charge in [-0.1, -0.05) is 13.8 Å². The third-order valence-electron chi connectivity index (χ3n) is 2.37. The molecule has 0 spiro atoms. The van der Waals surface area contributed by atoms with Crippen LogP contribution in [0.4, 0.5) is 0 Å². The van der Waals surface area contributed by atoms with Crippen molar-refractivity contribution in [3.8, 4) is 6.07 Å². The molecule has 0 aromatic rings. The van der Waals surface area contributed by atoms with Crippen molar-refractivity contribution in [2.24, 2.45) is 11.3 Å². The second-order valence-corrected chi connectivity index (χ2v) is 5.23. The molecule has 2 nitrogen and oxygen atoms in total. The lowest BCUT2D eigenvalue weighted by molar-refractivity contribution is 0.387. The Morgan fingerprint density at radius 1 is 1.29 bits per heavy atom. The second kappa shape index (κ2) is 6.03. The number of nitriles is 1. The highest BCUT2D eigenvalue weighted by atomic mass is 14.9. The van der Waals surface area contributed by atoms with E-state index >= 15 is 0 Å². The van der Waals surface area contributed by atoms with Crippen LogP contribution in [0.15, 0.2) is 0 Å². The van der Waals surface area contributed by atoms with Crippen LogP contribution in [-0.4, -0.2) is 12.6 Å². The maximum Gasteiger partial charge on any atom is 0.0684 e. The van der Waals surface area contributed by atoms with Crippen molar-refractivity contribution >= 4 is 0 Å². The highest BCUT2D eigenvalue weighted by molar-refractivity contribution is 4.91. The van der Waals surface area contributed by atoms with E-state index in [0.717, 1.165) is 18.9 Å². The van der Waals surface area contributed by atoms with Crippen LogP contribution in [-0.2, 0) is 0 Å². The topological polar surface area (TPSA) is 35.8 Å². The Bertz CT molecular complexity index is 189. The summed E-state index contributed by atoms with van der Waals surface area (Å²) in [4.78, 5) is 0. The fraction of sp³-hybridized carbons (Fsp3) is 0.917. The summed E-state index contributed by atoms with van der Waals surface area (Å²) in [5.74, 6) is 0.737. The number of hydrogen-bond donors (Lipinski definition) is 1. The number of hydrogen-bond acceptors (Lipinski definition) is 2. The molecule has 0 heterocycles. The molecule has 1 atom stereocenters. The SMILES string of the molecule is CC(C)CC(C)NCCC(C)(C)C#N. The predicted octanol–water partition coefficient (Wildman–Crippen LogP) is 2.95. The van der Waals surface area contributed by atoms with Gasteiger partial charge in [-0.3, -0.25) is 0 Å². The Kier molecular flexibility index (Phi) is 5.79. The monoisotopic (exact) mass is 196 g/mol. The summed E-state index contributed by atoms with van der Waals surface area (Å²) < 4.78 is 0. The largest absolute Gasteiger partial charge is 0.314 e. The van der Waals surface area contributed by atoms with Crippen LogP contribution in [0.25, 0.3) is 0 Å². The minimum atomic E-state index is -0.190. The fourth-order valence-corrected chi connectivity index (χ4v) is 1.48. The lowest BCUT2D eigenvalue weighted by Gasteiger charge is -2.19. The van der Waals surface area contributed by atoms with E-state index in [-0.39, 0.29) is 5.41 Å². The van der Waals surface area contributed by atoms with E-state index in [1.807, 2.05) is 13.8 Å². The highest BCUT2D eigenvalue weighted by Gasteiger charge is 2.16. The summed E-state index contributed by atoms with van der Waals surface area (Å²) in [5, 5.41) is 12.3. The Hall–Kier alpha value is -0.550. The van der Waals surface area contributed by atoms with Crippen LogP contribution in [0, 0.1) is 22.7 Å². The molecule has 82 valence electrons. The van der Waals surface area contributed by atoms with Crippen LogP contribution in [0.2, 0.25) is 0 Å². The summed E-state index contributed by atoms with van der Waals surface area (Å²) in [7, 11) is 0. The molecule has 1 unspecified atom stereocenters. The molecule has 0 saturated heterocycles. The molecule has 0 aliphatic rings. The molecular weight excluding hydrogens is 172 g/mol. The van der Waals surface area contributed by atoms with Crippen molar-refractivity contribution in [3.05, 3.63) is 0 Å². The van der Waals surface area contributed by atoms with Gasteiger partial charge < -0.3 is 5.32 Å². The normalized spacial score (nSPS) is 14.1.